The van der Waals surface area contributed by atoms with Crippen LogP contribution < -0.4 is 11.2 Å². The molecule has 0 saturated carbocycles. The summed E-state index contributed by atoms with van der Waals surface area (Å²) in [5.74, 6) is -0.0526. The third-order valence-corrected chi connectivity index (χ3v) is 1.27. The Bertz CT molecular complexity index is 335. The molecule has 0 aliphatic carbocycles. The summed E-state index contributed by atoms with van der Waals surface area (Å²) in [5, 5.41) is 19.5. The molecule has 0 unspecified atom stereocenters. The first kappa shape index (κ1) is 9.05. The van der Waals surface area contributed by atoms with Crippen LogP contribution in [0.25, 0.3) is 0 Å². The van der Waals surface area contributed by atoms with Crippen molar-refractivity contribution in [1.82, 2.24) is 5.43 Å². The Labute approximate surface area is 75.4 Å². The van der Waals surface area contributed by atoms with E-state index in [1.807, 2.05) is 0 Å². The van der Waals surface area contributed by atoms with E-state index < -0.39 is 0 Å². The van der Waals surface area contributed by atoms with Crippen molar-refractivity contribution in [3.63, 3.8) is 0 Å². The van der Waals surface area contributed by atoms with Crippen LogP contribution in [0, 0.1) is 5.41 Å². The Morgan fingerprint density at radius 3 is 3.00 bits per heavy atom. The highest BCUT2D eigenvalue weighted by atomic mass is 16.3. The maximum absolute atomic E-state index is 9.07. The molecule has 0 aliphatic rings. The Hall–Kier alpha value is -2.04. The van der Waals surface area contributed by atoms with E-state index >= 15 is 0 Å². The molecule has 0 spiro atoms. The Morgan fingerprint density at radius 2 is 2.38 bits per heavy atom. The predicted molar refractivity (Wildman–Crippen MR) is 50.8 cm³/mol. The molecular weight excluding hydrogens is 168 g/mol. The number of guanidine groups is 1. The lowest BCUT2D eigenvalue weighted by Crippen LogP contribution is -2.25. The molecule has 68 valence electrons. The van der Waals surface area contributed by atoms with Gasteiger partial charge in [-0.05, 0) is 17.7 Å². The van der Waals surface area contributed by atoms with E-state index in [4.69, 9.17) is 16.2 Å². The summed E-state index contributed by atoms with van der Waals surface area (Å²) in [7, 11) is 0. The summed E-state index contributed by atoms with van der Waals surface area (Å²) in [4.78, 5) is 0. The number of nitrogens with one attached hydrogen (secondary N) is 2. The maximum Gasteiger partial charge on any atom is 0.206 e. The van der Waals surface area contributed by atoms with Gasteiger partial charge >= 0.3 is 0 Å². The first-order chi connectivity index (χ1) is 6.18. The molecule has 5 heteroatoms. The Balaban J connectivity index is 2.63. The van der Waals surface area contributed by atoms with Crippen molar-refractivity contribution in [3.8, 4) is 5.75 Å². The molecule has 0 aromatic heterocycles. The van der Waals surface area contributed by atoms with Crippen LogP contribution >= 0.6 is 0 Å². The molecule has 0 amide bonds. The van der Waals surface area contributed by atoms with Crippen molar-refractivity contribution in [3.05, 3.63) is 29.8 Å². The smallest absolute Gasteiger partial charge is 0.206 e. The minimum absolute atomic E-state index is 0.173. The number of phenols is 1. The van der Waals surface area contributed by atoms with Gasteiger partial charge in [0.15, 0.2) is 0 Å². The predicted octanol–water partition coefficient (Wildman–Crippen LogP) is 0.209. The number of nitrogens with zero attached hydrogens (tertiary/aromatic N) is 1. The summed E-state index contributed by atoms with van der Waals surface area (Å²) in [6, 6.07) is 6.58. The Morgan fingerprint density at radius 1 is 1.62 bits per heavy atom. The molecule has 0 atom stereocenters. The van der Waals surface area contributed by atoms with Crippen molar-refractivity contribution >= 4 is 12.2 Å². The zero-order valence-corrected chi connectivity index (χ0v) is 6.86. The number of hydrogen-bond donors (Lipinski definition) is 4. The fourth-order valence-electron chi connectivity index (χ4n) is 0.781. The third-order valence-electron chi connectivity index (χ3n) is 1.27. The molecule has 0 aliphatic heterocycles. The lowest BCUT2D eigenvalue weighted by atomic mass is 10.2. The number of rotatable bonds is 2. The van der Waals surface area contributed by atoms with Gasteiger partial charge in [0.05, 0.1) is 6.21 Å². The standard InChI is InChI=1S/C8H10N4O/c9-8(10)12-11-5-6-2-1-3-7(13)4-6/h1-5,13H,(H4,9,10,12). The monoisotopic (exact) mass is 178 g/mol. The molecule has 1 rings (SSSR count). The number of hydrogen-bond acceptors (Lipinski definition) is 3. The van der Waals surface area contributed by atoms with Crippen LogP contribution in [-0.2, 0) is 0 Å². The van der Waals surface area contributed by atoms with E-state index in [0.29, 0.717) is 0 Å². The fraction of sp³-hybridized carbons (Fsp3) is 0. The minimum atomic E-state index is -0.226. The number of nitrogens with two attached hydrogens (primary N) is 1. The summed E-state index contributed by atoms with van der Waals surface area (Å²) in [6.07, 6.45) is 1.46. The van der Waals surface area contributed by atoms with Crippen LogP contribution in [-0.4, -0.2) is 17.3 Å². The van der Waals surface area contributed by atoms with Gasteiger partial charge in [0.1, 0.15) is 5.75 Å². The number of benzene rings is 1. The van der Waals surface area contributed by atoms with E-state index in [-0.39, 0.29) is 11.7 Å². The second-order valence-corrected chi connectivity index (χ2v) is 2.38. The van der Waals surface area contributed by atoms with E-state index in [1.165, 1.54) is 6.21 Å². The molecule has 0 radical (unpaired) electrons. The van der Waals surface area contributed by atoms with E-state index in [1.54, 1.807) is 24.3 Å². The minimum Gasteiger partial charge on any atom is -0.508 e. The zero-order chi connectivity index (χ0) is 9.68. The van der Waals surface area contributed by atoms with Crippen molar-refractivity contribution in [1.29, 1.82) is 5.41 Å². The van der Waals surface area contributed by atoms with Gasteiger partial charge in [0.2, 0.25) is 5.96 Å². The van der Waals surface area contributed by atoms with Crippen LogP contribution in [0.1, 0.15) is 5.56 Å². The maximum atomic E-state index is 9.07. The van der Waals surface area contributed by atoms with Gasteiger partial charge in [-0.3, -0.25) is 5.41 Å². The topological polar surface area (TPSA) is 94.5 Å². The summed E-state index contributed by atoms with van der Waals surface area (Å²) in [5.41, 5.74) is 7.99. The van der Waals surface area contributed by atoms with Crippen LogP contribution in [0.2, 0.25) is 0 Å². The molecule has 0 saturated heterocycles. The zero-order valence-electron chi connectivity index (χ0n) is 6.86. The summed E-state index contributed by atoms with van der Waals surface area (Å²) in [6.45, 7) is 0. The van der Waals surface area contributed by atoms with Crippen LogP contribution in [0.4, 0.5) is 0 Å². The SMILES string of the molecule is N=C(N)NN=Cc1cccc(O)c1. The molecule has 5 N–H and O–H groups in total. The molecule has 1 aromatic rings. The molecule has 0 bridgehead atoms. The molecule has 0 fully saturated rings. The third kappa shape index (κ3) is 3.24. The summed E-state index contributed by atoms with van der Waals surface area (Å²) < 4.78 is 0. The first-order valence-electron chi connectivity index (χ1n) is 3.60. The number of phenolic OH excluding ortho intramolecular Hbond substituents is 1. The molecule has 1 aromatic carbocycles. The molecule has 0 heterocycles. The van der Waals surface area contributed by atoms with Crippen LogP contribution in [0.15, 0.2) is 29.4 Å². The van der Waals surface area contributed by atoms with Gasteiger partial charge < -0.3 is 10.8 Å². The lowest BCUT2D eigenvalue weighted by Gasteiger charge is -1.95. The van der Waals surface area contributed by atoms with Crippen LogP contribution in [0.3, 0.4) is 0 Å². The van der Waals surface area contributed by atoms with Gasteiger partial charge in [0, 0.05) is 0 Å². The van der Waals surface area contributed by atoms with E-state index in [2.05, 4.69) is 10.5 Å². The largest absolute Gasteiger partial charge is 0.508 e. The van der Waals surface area contributed by atoms with E-state index in [9.17, 15) is 0 Å². The van der Waals surface area contributed by atoms with Crippen molar-refractivity contribution < 1.29 is 5.11 Å². The average molecular weight is 178 g/mol. The fourth-order valence-corrected chi connectivity index (χ4v) is 0.781. The van der Waals surface area contributed by atoms with Gasteiger partial charge in [-0.2, -0.15) is 5.10 Å². The molecule has 5 nitrogen and oxygen atoms in total. The highest BCUT2D eigenvalue weighted by Gasteiger charge is 1.89. The normalized spacial score (nSPS) is 10.2. The average Bonchev–Trinajstić information content (AvgIpc) is 2.03. The van der Waals surface area contributed by atoms with Gasteiger partial charge in [-0.1, -0.05) is 12.1 Å². The lowest BCUT2D eigenvalue weighted by molar-refractivity contribution is 0.475. The van der Waals surface area contributed by atoms with Crippen LogP contribution in [0.5, 0.6) is 5.75 Å². The van der Waals surface area contributed by atoms with Crippen molar-refractivity contribution in [2.24, 2.45) is 10.8 Å². The van der Waals surface area contributed by atoms with Gasteiger partial charge in [-0.25, -0.2) is 5.43 Å². The Kier molecular flexibility index (Phi) is 2.86. The van der Waals surface area contributed by atoms with E-state index in [0.717, 1.165) is 5.56 Å². The quantitative estimate of drug-likeness (QED) is 0.296. The number of aromatic hydroxyl groups is 1. The van der Waals surface area contributed by atoms with Crippen molar-refractivity contribution in [2.45, 2.75) is 0 Å². The number of hydrazone groups is 1. The summed E-state index contributed by atoms with van der Waals surface area (Å²) >= 11 is 0. The highest BCUT2D eigenvalue weighted by molar-refractivity contribution is 5.82. The second-order valence-electron chi connectivity index (χ2n) is 2.38. The first-order valence-corrected chi connectivity index (χ1v) is 3.60. The second kappa shape index (κ2) is 4.10. The molecular formula is C8H10N4O. The molecule has 13 heavy (non-hydrogen) atoms. The van der Waals surface area contributed by atoms with Crippen molar-refractivity contribution in [2.75, 3.05) is 0 Å². The highest BCUT2D eigenvalue weighted by Crippen LogP contribution is 2.08. The van der Waals surface area contributed by atoms with Gasteiger partial charge in [-0.15, -0.1) is 0 Å². The van der Waals surface area contributed by atoms with Gasteiger partial charge in [0.25, 0.3) is 0 Å².